The second-order valence-electron chi connectivity index (χ2n) is 5.85. The Balaban J connectivity index is 1.94. The first-order valence-electron chi connectivity index (χ1n) is 7.51. The molecule has 2 rings (SSSR count). The van der Waals surface area contributed by atoms with Crippen LogP contribution in [0.5, 0.6) is 5.75 Å². The van der Waals surface area contributed by atoms with Crippen molar-refractivity contribution in [1.82, 2.24) is 15.2 Å². The quantitative estimate of drug-likeness (QED) is 0.896. The van der Waals surface area contributed by atoms with Crippen molar-refractivity contribution in [2.45, 2.75) is 51.2 Å². The van der Waals surface area contributed by atoms with Gasteiger partial charge in [0.15, 0.2) is 0 Å². The minimum absolute atomic E-state index is 0.674. The molecule has 0 spiro atoms. The minimum atomic E-state index is 0.674. The lowest BCUT2D eigenvalue weighted by atomic mass is 9.90. The molecule has 1 fully saturated rings. The molecule has 0 aromatic carbocycles. The summed E-state index contributed by atoms with van der Waals surface area (Å²) in [4.78, 5) is 7.05. The number of nitrogens with one attached hydrogen (secondary N) is 1. The lowest BCUT2D eigenvalue weighted by molar-refractivity contribution is 0.168. The molecule has 1 aromatic heterocycles. The van der Waals surface area contributed by atoms with Gasteiger partial charge in [0.2, 0.25) is 0 Å². The van der Waals surface area contributed by atoms with E-state index in [1.165, 1.54) is 25.7 Å². The molecule has 0 amide bonds. The average Bonchev–Trinajstić information content (AvgIpc) is 2.46. The van der Waals surface area contributed by atoms with Gasteiger partial charge >= 0.3 is 0 Å². The largest absolute Gasteiger partial charge is 0.497 e. The number of aryl methyl sites for hydroxylation is 1. The number of ether oxygens (including phenoxy) is 1. The maximum Gasteiger partial charge on any atom is 0.122 e. The van der Waals surface area contributed by atoms with Crippen molar-refractivity contribution in [2.24, 2.45) is 0 Å². The van der Waals surface area contributed by atoms with E-state index in [1.807, 2.05) is 19.1 Å². The zero-order chi connectivity index (χ0) is 14.5. The maximum atomic E-state index is 5.32. The third-order valence-corrected chi connectivity index (χ3v) is 4.36. The van der Waals surface area contributed by atoms with Crippen LogP contribution in [0.3, 0.4) is 0 Å². The number of nitrogens with zero attached hydrogens (tertiary/aromatic N) is 2. The van der Waals surface area contributed by atoms with Crippen molar-refractivity contribution in [3.05, 3.63) is 23.5 Å². The summed E-state index contributed by atoms with van der Waals surface area (Å²) in [6, 6.07) is 5.40. The fourth-order valence-corrected chi connectivity index (χ4v) is 3.09. The lowest BCUT2D eigenvalue weighted by Gasteiger charge is -2.34. The van der Waals surface area contributed by atoms with Crippen molar-refractivity contribution in [3.63, 3.8) is 0 Å². The summed E-state index contributed by atoms with van der Waals surface area (Å²) in [5.74, 6) is 0.903. The molecule has 20 heavy (non-hydrogen) atoms. The van der Waals surface area contributed by atoms with Gasteiger partial charge in [0, 0.05) is 36.5 Å². The Morgan fingerprint density at radius 3 is 2.60 bits per heavy atom. The third-order valence-electron chi connectivity index (χ3n) is 4.36. The summed E-state index contributed by atoms with van der Waals surface area (Å²) in [5, 5.41) is 3.39. The van der Waals surface area contributed by atoms with Crippen molar-refractivity contribution in [3.8, 4) is 5.75 Å². The van der Waals surface area contributed by atoms with Gasteiger partial charge in [-0.2, -0.15) is 0 Å². The number of hydrogen-bond acceptors (Lipinski definition) is 4. The third kappa shape index (κ3) is 3.93. The number of pyridine rings is 1. The normalized spacial score (nSPS) is 23.1. The molecule has 0 unspecified atom stereocenters. The van der Waals surface area contributed by atoms with Crippen LogP contribution < -0.4 is 10.1 Å². The molecule has 4 nitrogen and oxygen atoms in total. The molecule has 1 aliphatic carbocycles. The summed E-state index contributed by atoms with van der Waals surface area (Å²) < 4.78 is 5.32. The van der Waals surface area contributed by atoms with E-state index in [0.29, 0.717) is 12.1 Å². The smallest absolute Gasteiger partial charge is 0.122 e. The highest BCUT2D eigenvalue weighted by Crippen LogP contribution is 2.24. The summed E-state index contributed by atoms with van der Waals surface area (Å²) >= 11 is 0. The molecule has 0 atom stereocenters. The Morgan fingerprint density at radius 1 is 1.30 bits per heavy atom. The zero-order valence-corrected chi connectivity index (χ0v) is 13.1. The Morgan fingerprint density at radius 2 is 2.00 bits per heavy atom. The molecular formula is C16H27N3O. The van der Waals surface area contributed by atoms with Crippen molar-refractivity contribution >= 4 is 0 Å². The van der Waals surface area contributed by atoms with Gasteiger partial charge in [-0.1, -0.05) is 0 Å². The van der Waals surface area contributed by atoms with Gasteiger partial charge in [-0.3, -0.25) is 9.88 Å². The number of aromatic nitrogens is 1. The van der Waals surface area contributed by atoms with Crippen LogP contribution >= 0.6 is 0 Å². The number of hydrogen-bond donors (Lipinski definition) is 1. The summed E-state index contributed by atoms with van der Waals surface area (Å²) in [6.45, 7) is 2.91. The van der Waals surface area contributed by atoms with Crippen LogP contribution in [0.1, 0.15) is 37.1 Å². The maximum absolute atomic E-state index is 5.32. The van der Waals surface area contributed by atoms with Crippen LogP contribution in [0.2, 0.25) is 0 Å². The lowest BCUT2D eigenvalue weighted by Crippen LogP contribution is -2.39. The van der Waals surface area contributed by atoms with Gasteiger partial charge in [0.25, 0.3) is 0 Å². The van der Waals surface area contributed by atoms with Crippen LogP contribution in [0.25, 0.3) is 0 Å². The Bertz CT molecular complexity index is 428. The van der Waals surface area contributed by atoms with E-state index in [4.69, 9.17) is 4.74 Å². The van der Waals surface area contributed by atoms with Crippen molar-refractivity contribution in [1.29, 1.82) is 0 Å². The van der Waals surface area contributed by atoms with Crippen LogP contribution in [-0.2, 0) is 6.54 Å². The zero-order valence-electron chi connectivity index (χ0n) is 13.1. The number of rotatable bonds is 5. The second kappa shape index (κ2) is 7.04. The molecule has 1 aliphatic rings. The molecule has 1 aromatic rings. The molecular weight excluding hydrogens is 250 g/mol. The highest BCUT2D eigenvalue weighted by atomic mass is 16.5. The van der Waals surface area contributed by atoms with E-state index >= 15 is 0 Å². The predicted molar refractivity (Wildman–Crippen MR) is 82.1 cm³/mol. The average molecular weight is 277 g/mol. The fourth-order valence-electron chi connectivity index (χ4n) is 3.09. The molecule has 112 valence electrons. The van der Waals surface area contributed by atoms with Crippen LogP contribution in [-0.4, -0.2) is 43.2 Å². The van der Waals surface area contributed by atoms with Crippen LogP contribution in [0, 0.1) is 6.92 Å². The molecule has 0 aliphatic heterocycles. The first-order chi connectivity index (χ1) is 9.62. The topological polar surface area (TPSA) is 37.4 Å². The van der Waals surface area contributed by atoms with E-state index < -0.39 is 0 Å². The SMILES string of the molecule is CNC1CCC(N(C)Cc2cc(OC)cc(C)n2)CC1. The highest BCUT2D eigenvalue weighted by Gasteiger charge is 2.23. The second-order valence-corrected chi connectivity index (χ2v) is 5.85. The Labute approximate surface area is 122 Å². The van der Waals surface area contributed by atoms with Crippen LogP contribution in [0.4, 0.5) is 0 Å². The Hall–Kier alpha value is -1.13. The van der Waals surface area contributed by atoms with Crippen molar-refractivity contribution in [2.75, 3.05) is 21.2 Å². The van der Waals surface area contributed by atoms with Crippen molar-refractivity contribution < 1.29 is 4.74 Å². The predicted octanol–water partition coefficient (Wildman–Crippen LogP) is 2.36. The van der Waals surface area contributed by atoms with Gasteiger partial charge in [-0.05, 0) is 46.7 Å². The molecule has 0 radical (unpaired) electrons. The molecule has 1 heterocycles. The fraction of sp³-hybridized carbons (Fsp3) is 0.688. The summed E-state index contributed by atoms with van der Waals surface area (Å²) in [7, 11) is 5.99. The van der Waals surface area contributed by atoms with Crippen LogP contribution in [0.15, 0.2) is 12.1 Å². The Kier molecular flexibility index (Phi) is 5.38. The molecule has 4 heteroatoms. The number of methoxy groups -OCH3 is 1. The molecule has 0 bridgehead atoms. The van der Waals surface area contributed by atoms with E-state index in [9.17, 15) is 0 Å². The summed E-state index contributed by atoms with van der Waals surface area (Å²) in [6.07, 6.45) is 5.09. The molecule has 1 N–H and O–H groups in total. The van der Waals surface area contributed by atoms with E-state index in [2.05, 4.69) is 29.3 Å². The van der Waals surface area contributed by atoms with Gasteiger partial charge in [0.05, 0.1) is 12.8 Å². The van der Waals surface area contributed by atoms with Gasteiger partial charge in [-0.25, -0.2) is 0 Å². The first-order valence-corrected chi connectivity index (χ1v) is 7.51. The van der Waals surface area contributed by atoms with Gasteiger partial charge in [-0.15, -0.1) is 0 Å². The highest BCUT2D eigenvalue weighted by molar-refractivity contribution is 5.26. The monoisotopic (exact) mass is 277 g/mol. The van der Waals surface area contributed by atoms with E-state index in [-0.39, 0.29) is 0 Å². The van der Waals surface area contributed by atoms with Gasteiger partial charge < -0.3 is 10.1 Å². The van der Waals surface area contributed by atoms with E-state index in [0.717, 1.165) is 23.7 Å². The molecule has 1 saturated carbocycles. The summed E-state index contributed by atoms with van der Waals surface area (Å²) in [5.41, 5.74) is 2.12. The minimum Gasteiger partial charge on any atom is -0.497 e. The van der Waals surface area contributed by atoms with Gasteiger partial charge in [0.1, 0.15) is 5.75 Å². The van der Waals surface area contributed by atoms with E-state index in [1.54, 1.807) is 7.11 Å². The standard InChI is InChI=1S/C16H27N3O/c1-12-9-16(20-4)10-14(18-12)11-19(3)15-7-5-13(17-2)6-8-15/h9-10,13,15,17H,5-8,11H2,1-4H3. The molecule has 0 saturated heterocycles. The first kappa shape index (κ1) is 15.3.